The Morgan fingerprint density at radius 1 is 0.562 bits per heavy atom. The van der Waals surface area contributed by atoms with Crippen molar-refractivity contribution in [1.29, 1.82) is 0 Å². The minimum absolute atomic E-state index is 0.150. The molecule has 0 saturated heterocycles. The molecule has 0 spiro atoms. The Balaban J connectivity index is 0.000000567. The molecule has 158 valence electrons. The van der Waals surface area contributed by atoms with Gasteiger partial charge in [-0.2, -0.15) is 0 Å². The number of hydrogen-bond acceptors (Lipinski definition) is 3. The zero-order chi connectivity index (χ0) is 22.7. The molecular weight excluding hydrogens is 400 g/mol. The molecule has 0 fully saturated rings. The molecule has 0 unspecified atom stereocenters. The Morgan fingerprint density at radius 3 is 1.31 bits per heavy atom. The normalized spacial score (nSPS) is 10.5. The van der Waals surface area contributed by atoms with Gasteiger partial charge in [-0.25, -0.2) is 0 Å². The SMILES string of the molecule is CC(=O)O.Oc1ccc(O)c(-c2cccc3ccccc23)c1-c1cccc2ccccc12. The van der Waals surface area contributed by atoms with Gasteiger partial charge < -0.3 is 15.3 Å². The molecule has 0 atom stereocenters. The van der Waals surface area contributed by atoms with Gasteiger partial charge in [0.1, 0.15) is 11.5 Å². The van der Waals surface area contributed by atoms with Crippen LogP contribution in [0.4, 0.5) is 0 Å². The molecule has 5 aromatic rings. The number of rotatable bonds is 2. The van der Waals surface area contributed by atoms with Crippen LogP contribution in [0.25, 0.3) is 43.8 Å². The zero-order valence-corrected chi connectivity index (χ0v) is 17.5. The van der Waals surface area contributed by atoms with E-state index >= 15 is 0 Å². The van der Waals surface area contributed by atoms with Crippen molar-refractivity contribution in [3.8, 4) is 33.8 Å². The van der Waals surface area contributed by atoms with E-state index in [2.05, 4.69) is 24.3 Å². The Bertz CT molecular complexity index is 1320. The van der Waals surface area contributed by atoms with E-state index in [4.69, 9.17) is 9.90 Å². The fourth-order valence-electron chi connectivity index (χ4n) is 4.01. The lowest BCUT2D eigenvalue weighted by atomic mass is 9.88. The largest absolute Gasteiger partial charge is 0.507 e. The van der Waals surface area contributed by atoms with Gasteiger partial charge in [0.15, 0.2) is 0 Å². The van der Waals surface area contributed by atoms with Crippen molar-refractivity contribution in [2.45, 2.75) is 6.92 Å². The molecule has 0 aromatic heterocycles. The molecule has 0 amide bonds. The van der Waals surface area contributed by atoms with E-state index in [0.29, 0.717) is 11.1 Å². The van der Waals surface area contributed by atoms with Crippen molar-refractivity contribution in [3.63, 3.8) is 0 Å². The van der Waals surface area contributed by atoms with Crippen molar-refractivity contribution in [2.75, 3.05) is 0 Å². The Hall–Kier alpha value is -4.31. The zero-order valence-electron chi connectivity index (χ0n) is 17.5. The number of phenols is 2. The van der Waals surface area contributed by atoms with E-state index in [1.807, 2.05) is 60.7 Å². The van der Waals surface area contributed by atoms with Crippen LogP contribution >= 0.6 is 0 Å². The highest BCUT2D eigenvalue weighted by atomic mass is 16.4. The molecule has 0 radical (unpaired) electrons. The number of aromatic hydroxyl groups is 2. The van der Waals surface area contributed by atoms with Crippen LogP contribution in [0.1, 0.15) is 6.92 Å². The van der Waals surface area contributed by atoms with Gasteiger partial charge in [-0.3, -0.25) is 4.79 Å². The number of carbonyl (C=O) groups is 1. The lowest BCUT2D eigenvalue weighted by molar-refractivity contribution is -0.134. The Kier molecular flexibility index (Phi) is 5.77. The van der Waals surface area contributed by atoms with Crippen LogP contribution in [0.15, 0.2) is 97.1 Å². The van der Waals surface area contributed by atoms with E-state index in [-0.39, 0.29) is 11.5 Å². The van der Waals surface area contributed by atoms with Gasteiger partial charge in [0.2, 0.25) is 0 Å². The number of carboxylic acid groups (broad SMARTS) is 1. The van der Waals surface area contributed by atoms with Gasteiger partial charge in [-0.1, -0.05) is 84.9 Å². The van der Waals surface area contributed by atoms with Crippen LogP contribution in [0, 0.1) is 0 Å². The number of carboxylic acids is 1. The maximum atomic E-state index is 10.9. The van der Waals surface area contributed by atoms with Gasteiger partial charge in [-0.05, 0) is 44.8 Å². The summed E-state index contributed by atoms with van der Waals surface area (Å²) in [5, 5.41) is 33.4. The molecule has 3 N–H and O–H groups in total. The highest BCUT2D eigenvalue weighted by Gasteiger charge is 2.19. The molecule has 32 heavy (non-hydrogen) atoms. The average molecular weight is 422 g/mol. The minimum atomic E-state index is -0.833. The number of benzene rings is 5. The van der Waals surface area contributed by atoms with Crippen LogP contribution in [-0.2, 0) is 4.79 Å². The molecular formula is C28H22O4. The first-order valence-corrected chi connectivity index (χ1v) is 10.2. The second-order valence-electron chi connectivity index (χ2n) is 7.43. The predicted molar refractivity (Wildman–Crippen MR) is 129 cm³/mol. The lowest BCUT2D eigenvalue weighted by Gasteiger charge is -2.17. The van der Waals surface area contributed by atoms with Crippen molar-refractivity contribution in [1.82, 2.24) is 0 Å². The Morgan fingerprint density at radius 2 is 0.906 bits per heavy atom. The summed E-state index contributed by atoms with van der Waals surface area (Å²) in [6.45, 7) is 1.08. The van der Waals surface area contributed by atoms with E-state index < -0.39 is 5.97 Å². The summed E-state index contributed by atoms with van der Waals surface area (Å²) in [6, 6.07) is 31.3. The summed E-state index contributed by atoms with van der Waals surface area (Å²) in [7, 11) is 0. The molecule has 0 aliphatic carbocycles. The fourth-order valence-corrected chi connectivity index (χ4v) is 4.01. The number of aliphatic carboxylic acids is 1. The third-order valence-electron chi connectivity index (χ3n) is 5.28. The predicted octanol–water partition coefficient (Wildman–Crippen LogP) is 6.83. The average Bonchev–Trinajstić information content (AvgIpc) is 2.79. The maximum Gasteiger partial charge on any atom is 0.300 e. The molecule has 0 aliphatic rings. The van der Waals surface area contributed by atoms with Gasteiger partial charge in [0, 0.05) is 18.1 Å². The van der Waals surface area contributed by atoms with Crippen LogP contribution < -0.4 is 0 Å². The minimum Gasteiger partial charge on any atom is -0.507 e. The van der Waals surface area contributed by atoms with Gasteiger partial charge in [0.25, 0.3) is 5.97 Å². The molecule has 0 heterocycles. The first kappa shape index (κ1) is 20.9. The molecule has 4 nitrogen and oxygen atoms in total. The molecule has 0 saturated carbocycles. The van der Waals surface area contributed by atoms with Gasteiger partial charge >= 0.3 is 0 Å². The molecule has 0 bridgehead atoms. The van der Waals surface area contributed by atoms with Gasteiger partial charge in [-0.15, -0.1) is 0 Å². The summed E-state index contributed by atoms with van der Waals surface area (Å²) in [5.41, 5.74) is 3.09. The number of phenolic OH excluding ortho intramolecular Hbond substituents is 2. The van der Waals surface area contributed by atoms with Crippen molar-refractivity contribution in [3.05, 3.63) is 97.1 Å². The molecule has 4 heteroatoms. The first-order valence-electron chi connectivity index (χ1n) is 10.2. The lowest BCUT2D eigenvalue weighted by Crippen LogP contribution is -1.90. The second-order valence-corrected chi connectivity index (χ2v) is 7.43. The van der Waals surface area contributed by atoms with Gasteiger partial charge in [0.05, 0.1) is 0 Å². The Labute approximate surface area is 185 Å². The fraction of sp³-hybridized carbons (Fsp3) is 0.0357. The third-order valence-corrected chi connectivity index (χ3v) is 5.28. The number of hydrogen-bond donors (Lipinski definition) is 3. The van der Waals surface area contributed by atoms with Crippen LogP contribution in [0.3, 0.4) is 0 Å². The van der Waals surface area contributed by atoms with E-state index in [1.165, 1.54) is 0 Å². The van der Waals surface area contributed by atoms with Crippen molar-refractivity contribution in [2.24, 2.45) is 0 Å². The molecule has 5 aromatic carbocycles. The molecule has 5 rings (SSSR count). The van der Waals surface area contributed by atoms with Crippen LogP contribution in [0.2, 0.25) is 0 Å². The molecule has 0 aliphatic heterocycles. The summed E-state index contributed by atoms with van der Waals surface area (Å²) < 4.78 is 0. The van der Waals surface area contributed by atoms with E-state index in [0.717, 1.165) is 39.6 Å². The standard InChI is InChI=1S/C26H18O2.C2H4O2/c27-23-15-16-24(28)26(22-14-6-10-18-8-2-4-12-20(18)22)25(23)21-13-5-9-17-7-1-3-11-19(17)21;1-2(3)4/h1-16,27-28H;1H3,(H,3,4). The quantitative estimate of drug-likeness (QED) is 0.273. The highest BCUT2D eigenvalue weighted by Crippen LogP contribution is 2.47. The topological polar surface area (TPSA) is 77.8 Å². The second kappa shape index (κ2) is 8.82. The third kappa shape index (κ3) is 3.98. The summed E-state index contributed by atoms with van der Waals surface area (Å²) in [6.07, 6.45) is 0. The van der Waals surface area contributed by atoms with Crippen molar-refractivity contribution >= 4 is 27.5 Å². The van der Waals surface area contributed by atoms with E-state index in [9.17, 15) is 10.2 Å². The van der Waals surface area contributed by atoms with E-state index in [1.54, 1.807) is 12.1 Å². The van der Waals surface area contributed by atoms with Crippen LogP contribution in [0.5, 0.6) is 11.5 Å². The van der Waals surface area contributed by atoms with Crippen molar-refractivity contribution < 1.29 is 20.1 Å². The smallest absolute Gasteiger partial charge is 0.300 e. The first-order chi connectivity index (χ1) is 15.5. The number of fused-ring (bicyclic) bond motifs is 2. The summed E-state index contributed by atoms with van der Waals surface area (Å²) >= 11 is 0. The highest BCUT2D eigenvalue weighted by molar-refractivity contribution is 6.07. The van der Waals surface area contributed by atoms with Crippen LogP contribution in [-0.4, -0.2) is 21.3 Å². The monoisotopic (exact) mass is 422 g/mol. The summed E-state index contributed by atoms with van der Waals surface area (Å²) in [4.78, 5) is 9.00. The maximum absolute atomic E-state index is 10.9. The summed E-state index contributed by atoms with van der Waals surface area (Å²) in [5.74, 6) is -0.533.